The molecule has 1 unspecified atom stereocenters. The van der Waals surface area contributed by atoms with Crippen LogP contribution in [0.25, 0.3) is 0 Å². The Morgan fingerprint density at radius 1 is 1.17 bits per heavy atom. The van der Waals surface area contributed by atoms with Crippen LogP contribution in [0, 0.1) is 0 Å². The molecule has 0 fully saturated rings. The van der Waals surface area contributed by atoms with Crippen LogP contribution in [0.5, 0.6) is 0 Å². The zero-order valence-corrected chi connectivity index (χ0v) is 12.1. The van der Waals surface area contributed by atoms with Gasteiger partial charge >= 0.3 is 0 Å². The molecule has 1 rings (SSSR count). The van der Waals surface area contributed by atoms with Gasteiger partial charge in [0, 0.05) is 12.6 Å². The van der Waals surface area contributed by atoms with Gasteiger partial charge in [-0.15, -0.1) is 0 Å². The zero-order chi connectivity index (χ0) is 13.6. The number of likely N-dealkylation sites (N-methyl/N-ethyl adjacent to an activating group) is 1. The number of nitrogens with zero attached hydrogens (tertiary/aromatic N) is 1. The first-order valence-electron chi connectivity index (χ1n) is 6.21. The van der Waals surface area contributed by atoms with Crippen LogP contribution in [-0.4, -0.2) is 39.2 Å². The summed E-state index contributed by atoms with van der Waals surface area (Å²) in [5, 5.41) is 0. The molecule has 0 amide bonds. The Balaban J connectivity index is 2.88. The molecule has 102 valence electrons. The molecule has 5 heteroatoms. The highest BCUT2D eigenvalue weighted by Crippen LogP contribution is 2.19. The zero-order valence-electron chi connectivity index (χ0n) is 11.3. The lowest BCUT2D eigenvalue weighted by Gasteiger charge is -2.30. The second-order valence-corrected chi connectivity index (χ2v) is 6.10. The van der Waals surface area contributed by atoms with Crippen molar-refractivity contribution in [3.05, 3.63) is 35.9 Å². The topological polar surface area (TPSA) is 49.4 Å². The third kappa shape index (κ3) is 4.76. The van der Waals surface area contributed by atoms with Crippen LogP contribution in [0.2, 0.25) is 0 Å². The Morgan fingerprint density at radius 3 is 2.17 bits per heavy atom. The largest absolute Gasteiger partial charge is 0.296 e. The highest BCUT2D eigenvalue weighted by Gasteiger charge is 2.18. The summed E-state index contributed by atoms with van der Waals surface area (Å²) in [7, 11) is -3.15. The van der Waals surface area contributed by atoms with Crippen LogP contribution in [0.4, 0.5) is 0 Å². The Morgan fingerprint density at radius 2 is 1.72 bits per heavy atom. The van der Waals surface area contributed by atoms with Gasteiger partial charge in [-0.3, -0.25) is 4.90 Å². The van der Waals surface area contributed by atoms with Crippen molar-refractivity contribution in [3.63, 3.8) is 0 Å². The van der Waals surface area contributed by atoms with Crippen molar-refractivity contribution in [3.8, 4) is 0 Å². The summed E-state index contributed by atoms with van der Waals surface area (Å²) in [5.74, 6) is 0. The van der Waals surface area contributed by atoms with Gasteiger partial charge in [0.1, 0.15) is 0 Å². The van der Waals surface area contributed by atoms with E-state index < -0.39 is 10.0 Å². The first-order chi connectivity index (χ1) is 8.48. The standard InChI is InChI=1S/C13H22N2O2S/c1-4-15(5-2)13(11-14-18(3,16)17)12-9-7-6-8-10-12/h6-10,13-14H,4-5,11H2,1-3H3. The minimum Gasteiger partial charge on any atom is -0.296 e. The molecule has 0 bridgehead atoms. The van der Waals surface area contributed by atoms with Crippen molar-refractivity contribution < 1.29 is 8.42 Å². The predicted molar refractivity (Wildman–Crippen MR) is 75.0 cm³/mol. The Kier molecular flexibility index (Phi) is 5.78. The molecular formula is C13H22N2O2S. The maximum atomic E-state index is 11.2. The van der Waals surface area contributed by atoms with E-state index in [2.05, 4.69) is 23.5 Å². The van der Waals surface area contributed by atoms with Gasteiger partial charge in [-0.25, -0.2) is 13.1 Å². The summed E-state index contributed by atoms with van der Waals surface area (Å²) in [6.07, 6.45) is 1.19. The molecule has 0 saturated heterocycles. The van der Waals surface area contributed by atoms with Crippen molar-refractivity contribution in [2.24, 2.45) is 0 Å². The lowest BCUT2D eigenvalue weighted by Crippen LogP contribution is -2.37. The number of hydrogen-bond donors (Lipinski definition) is 1. The van der Waals surface area contributed by atoms with Crippen molar-refractivity contribution in [1.29, 1.82) is 0 Å². The summed E-state index contributed by atoms with van der Waals surface area (Å²) in [6, 6.07) is 10.1. The number of nitrogens with one attached hydrogen (secondary N) is 1. The summed E-state index contributed by atoms with van der Waals surface area (Å²) in [5.41, 5.74) is 1.14. The van der Waals surface area contributed by atoms with Crippen LogP contribution < -0.4 is 4.72 Å². The maximum Gasteiger partial charge on any atom is 0.208 e. The van der Waals surface area contributed by atoms with Crippen molar-refractivity contribution >= 4 is 10.0 Å². The Labute approximate surface area is 110 Å². The summed E-state index contributed by atoms with van der Waals surface area (Å²) in [4.78, 5) is 2.24. The van der Waals surface area contributed by atoms with Crippen molar-refractivity contribution in [2.75, 3.05) is 25.9 Å². The number of sulfonamides is 1. The summed E-state index contributed by atoms with van der Waals surface area (Å²) >= 11 is 0. The molecule has 0 aliphatic rings. The Hall–Kier alpha value is -0.910. The van der Waals surface area contributed by atoms with Crippen LogP contribution in [0.15, 0.2) is 30.3 Å². The Bertz CT molecular complexity index is 441. The van der Waals surface area contributed by atoms with E-state index in [0.29, 0.717) is 6.54 Å². The van der Waals surface area contributed by atoms with E-state index in [-0.39, 0.29) is 6.04 Å². The quantitative estimate of drug-likeness (QED) is 0.819. The molecule has 0 heterocycles. The van der Waals surface area contributed by atoms with Crippen molar-refractivity contribution in [2.45, 2.75) is 19.9 Å². The highest BCUT2D eigenvalue weighted by atomic mass is 32.2. The lowest BCUT2D eigenvalue weighted by molar-refractivity contribution is 0.220. The first-order valence-corrected chi connectivity index (χ1v) is 8.10. The van der Waals surface area contributed by atoms with Gasteiger partial charge in [0.15, 0.2) is 0 Å². The van der Waals surface area contributed by atoms with E-state index in [0.717, 1.165) is 18.7 Å². The molecule has 0 aliphatic carbocycles. The number of benzene rings is 1. The van der Waals surface area contributed by atoms with E-state index in [4.69, 9.17) is 0 Å². The molecule has 4 nitrogen and oxygen atoms in total. The average molecular weight is 270 g/mol. The van der Waals surface area contributed by atoms with Crippen LogP contribution >= 0.6 is 0 Å². The third-order valence-corrected chi connectivity index (χ3v) is 3.67. The third-order valence-electron chi connectivity index (χ3n) is 2.98. The smallest absolute Gasteiger partial charge is 0.208 e. The number of rotatable bonds is 7. The van der Waals surface area contributed by atoms with E-state index in [1.165, 1.54) is 6.26 Å². The predicted octanol–water partition coefficient (Wildman–Crippen LogP) is 1.62. The molecule has 0 saturated carbocycles. The monoisotopic (exact) mass is 270 g/mol. The second-order valence-electron chi connectivity index (χ2n) is 4.27. The van der Waals surface area contributed by atoms with E-state index >= 15 is 0 Å². The fraction of sp³-hybridized carbons (Fsp3) is 0.538. The van der Waals surface area contributed by atoms with Crippen LogP contribution in [0.3, 0.4) is 0 Å². The normalized spacial score (nSPS) is 13.8. The van der Waals surface area contributed by atoms with Gasteiger partial charge in [-0.1, -0.05) is 44.2 Å². The molecule has 1 atom stereocenters. The molecular weight excluding hydrogens is 248 g/mol. The molecule has 1 aromatic rings. The molecule has 1 N–H and O–H groups in total. The van der Waals surface area contributed by atoms with Gasteiger partial charge in [0.2, 0.25) is 10.0 Å². The minimum absolute atomic E-state index is 0.0796. The molecule has 0 aromatic heterocycles. The summed E-state index contributed by atoms with van der Waals surface area (Å²) in [6.45, 7) is 6.35. The van der Waals surface area contributed by atoms with Crippen molar-refractivity contribution in [1.82, 2.24) is 9.62 Å². The van der Waals surface area contributed by atoms with Crippen LogP contribution in [-0.2, 0) is 10.0 Å². The molecule has 0 radical (unpaired) electrons. The fourth-order valence-electron chi connectivity index (χ4n) is 2.03. The van der Waals surface area contributed by atoms with Gasteiger partial charge in [-0.2, -0.15) is 0 Å². The average Bonchev–Trinajstić information content (AvgIpc) is 2.34. The number of hydrogen-bond acceptors (Lipinski definition) is 3. The van der Waals surface area contributed by atoms with Gasteiger partial charge in [0.05, 0.1) is 6.26 Å². The SMILES string of the molecule is CCN(CC)C(CNS(C)(=O)=O)c1ccccc1. The van der Waals surface area contributed by atoms with E-state index in [1.54, 1.807) is 0 Å². The van der Waals surface area contributed by atoms with Gasteiger partial charge in [-0.05, 0) is 18.7 Å². The van der Waals surface area contributed by atoms with E-state index in [9.17, 15) is 8.42 Å². The first kappa shape index (κ1) is 15.1. The van der Waals surface area contributed by atoms with Crippen LogP contribution in [0.1, 0.15) is 25.5 Å². The van der Waals surface area contributed by atoms with Gasteiger partial charge in [0.25, 0.3) is 0 Å². The second kappa shape index (κ2) is 6.87. The highest BCUT2D eigenvalue weighted by molar-refractivity contribution is 7.88. The fourth-order valence-corrected chi connectivity index (χ4v) is 2.49. The van der Waals surface area contributed by atoms with E-state index in [1.807, 2.05) is 30.3 Å². The summed E-state index contributed by atoms with van der Waals surface area (Å²) < 4.78 is 25.1. The molecule has 0 spiro atoms. The molecule has 1 aromatic carbocycles. The molecule has 0 aliphatic heterocycles. The minimum atomic E-state index is -3.15. The maximum absolute atomic E-state index is 11.2. The lowest BCUT2D eigenvalue weighted by atomic mass is 10.1. The van der Waals surface area contributed by atoms with Gasteiger partial charge < -0.3 is 0 Å². The molecule has 18 heavy (non-hydrogen) atoms.